The molecule has 1 atom stereocenters. The summed E-state index contributed by atoms with van der Waals surface area (Å²) in [4.78, 5) is 0. The minimum atomic E-state index is 0.387. The molecule has 0 spiro atoms. The third-order valence-electron chi connectivity index (χ3n) is 2.63. The molecule has 0 aliphatic carbocycles. The highest BCUT2D eigenvalue weighted by Crippen LogP contribution is 2.29. The fraction of sp³-hybridized carbons (Fsp3) is 0.538. The topological polar surface area (TPSA) is 21.3 Å². The van der Waals surface area contributed by atoms with Gasteiger partial charge >= 0.3 is 0 Å². The van der Waals surface area contributed by atoms with Crippen LogP contribution in [-0.2, 0) is 4.74 Å². The van der Waals surface area contributed by atoms with Gasteiger partial charge in [0.25, 0.3) is 0 Å². The Bertz CT molecular complexity index is 344. The molecule has 0 aliphatic rings. The third-order valence-corrected chi connectivity index (χ3v) is 3.81. The van der Waals surface area contributed by atoms with Gasteiger partial charge in [-0.1, -0.05) is 44.8 Å². The van der Waals surface area contributed by atoms with Crippen molar-refractivity contribution >= 4 is 31.9 Å². The zero-order chi connectivity index (χ0) is 12.7. The summed E-state index contributed by atoms with van der Waals surface area (Å²) in [5, 5.41) is 3.52. The molecule has 17 heavy (non-hydrogen) atoms. The number of ether oxygens (including phenoxy) is 1. The van der Waals surface area contributed by atoms with E-state index in [2.05, 4.69) is 62.3 Å². The van der Waals surface area contributed by atoms with Crippen LogP contribution in [0.25, 0.3) is 0 Å². The van der Waals surface area contributed by atoms with Gasteiger partial charge in [-0.25, -0.2) is 0 Å². The fourth-order valence-electron chi connectivity index (χ4n) is 1.83. The normalized spacial score (nSPS) is 12.7. The number of hydrogen-bond acceptors (Lipinski definition) is 2. The Balaban J connectivity index is 2.74. The molecule has 0 aliphatic heterocycles. The molecular formula is C13H19Br2NO. The average Bonchev–Trinajstić information content (AvgIpc) is 2.28. The molecule has 2 nitrogen and oxygen atoms in total. The van der Waals surface area contributed by atoms with Gasteiger partial charge in [-0.05, 0) is 37.1 Å². The van der Waals surface area contributed by atoms with E-state index in [0.29, 0.717) is 6.04 Å². The van der Waals surface area contributed by atoms with E-state index >= 15 is 0 Å². The molecule has 0 radical (unpaired) electrons. The number of methoxy groups -OCH3 is 1. The second-order valence-electron chi connectivity index (χ2n) is 3.91. The van der Waals surface area contributed by atoms with Crippen molar-refractivity contribution in [2.75, 3.05) is 20.3 Å². The van der Waals surface area contributed by atoms with Crippen LogP contribution in [0, 0.1) is 0 Å². The molecule has 0 saturated heterocycles. The van der Waals surface area contributed by atoms with Gasteiger partial charge in [-0.2, -0.15) is 0 Å². The van der Waals surface area contributed by atoms with E-state index in [1.54, 1.807) is 7.11 Å². The molecule has 1 unspecified atom stereocenters. The maximum Gasteiger partial charge on any atom is 0.0462 e. The van der Waals surface area contributed by atoms with Crippen LogP contribution in [0.4, 0.5) is 0 Å². The van der Waals surface area contributed by atoms with Crippen molar-refractivity contribution in [3.05, 3.63) is 32.7 Å². The van der Waals surface area contributed by atoms with Crippen LogP contribution in [0.2, 0.25) is 0 Å². The van der Waals surface area contributed by atoms with Crippen molar-refractivity contribution in [1.82, 2.24) is 5.32 Å². The summed E-state index contributed by atoms with van der Waals surface area (Å²) in [6.45, 7) is 3.92. The van der Waals surface area contributed by atoms with Crippen molar-refractivity contribution in [3.8, 4) is 0 Å². The van der Waals surface area contributed by atoms with Crippen molar-refractivity contribution in [1.29, 1.82) is 0 Å². The lowest BCUT2D eigenvalue weighted by atomic mass is 10.0. The first-order chi connectivity index (χ1) is 8.19. The average molecular weight is 365 g/mol. The van der Waals surface area contributed by atoms with E-state index in [9.17, 15) is 0 Å². The number of halogens is 2. The van der Waals surface area contributed by atoms with Gasteiger partial charge in [0.15, 0.2) is 0 Å². The molecule has 1 rings (SSSR count). The van der Waals surface area contributed by atoms with E-state index in [1.165, 1.54) is 5.56 Å². The Morgan fingerprint density at radius 1 is 1.35 bits per heavy atom. The zero-order valence-electron chi connectivity index (χ0n) is 10.3. The van der Waals surface area contributed by atoms with Gasteiger partial charge in [0.1, 0.15) is 0 Å². The lowest BCUT2D eigenvalue weighted by molar-refractivity contribution is 0.189. The Morgan fingerprint density at radius 3 is 2.71 bits per heavy atom. The quantitative estimate of drug-likeness (QED) is 0.728. The van der Waals surface area contributed by atoms with Crippen LogP contribution < -0.4 is 5.32 Å². The standard InChI is InChI=1S/C13H19Br2NO/c1-3-16-13(5-4-8-17-2)11-7-6-10(14)9-12(11)15/h6-7,9,13,16H,3-5,8H2,1-2H3. The first-order valence-electron chi connectivity index (χ1n) is 5.86. The molecule has 1 N–H and O–H groups in total. The minimum Gasteiger partial charge on any atom is -0.385 e. The Labute approximate surface area is 120 Å². The SMILES string of the molecule is CCNC(CCCOC)c1ccc(Br)cc1Br. The summed E-state index contributed by atoms with van der Waals surface area (Å²) >= 11 is 7.10. The van der Waals surface area contributed by atoms with Crippen LogP contribution in [0.5, 0.6) is 0 Å². The molecule has 4 heteroatoms. The first kappa shape index (κ1) is 15.2. The maximum atomic E-state index is 5.11. The van der Waals surface area contributed by atoms with Gasteiger partial charge in [-0.3, -0.25) is 0 Å². The smallest absolute Gasteiger partial charge is 0.0462 e. The fourth-order valence-corrected chi connectivity index (χ4v) is 3.15. The molecule has 1 aromatic carbocycles. The van der Waals surface area contributed by atoms with Crippen LogP contribution in [-0.4, -0.2) is 20.3 Å². The highest BCUT2D eigenvalue weighted by Gasteiger charge is 2.13. The summed E-state index contributed by atoms with van der Waals surface area (Å²) in [6, 6.07) is 6.73. The van der Waals surface area contributed by atoms with E-state index in [0.717, 1.165) is 34.9 Å². The molecule has 0 fully saturated rings. The summed E-state index contributed by atoms with van der Waals surface area (Å²) in [7, 11) is 1.75. The molecule has 96 valence electrons. The van der Waals surface area contributed by atoms with Crippen LogP contribution >= 0.6 is 31.9 Å². The number of hydrogen-bond donors (Lipinski definition) is 1. The van der Waals surface area contributed by atoms with Gasteiger partial charge in [-0.15, -0.1) is 0 Å². The van der Waals surface area contributed by atoms with Crippen molar-refractivity contribution in [2.45, 2.75) is 25.8 Å². The van der Waals surface area contributed by atoms with Crippen molar-refractivity contribution in [2.24, 2.45) is 0 Å². The Kier molecular flexibility index (Phi) is 7.35. The van der Waals surface area contributed by atoms with Crippen molar-refractivity contribution < 1.29 is 4.74 Å². The Morgan fingerprint density at radius 2 is 2.12 bits per heavy atom. The Hall–Kier alpha value is 0.1000. The van der Waals surface area contributed by atoms with E-state index in [-0.39, 0.29) is 0 Å². The summed E-state index contributed by atoms with van der Waals surface area (Å²) in [5.74, 6) is 0. The predicted molar refractivity (Wildman–Crippen MR) is 79.4 cm³/mol. The monoisotopic (exact) mass is 363 g/mol. The predicted octanol–water partition coefficient (Wildman–Crippen LogP) is 4.29. The highest BCUT2D eigenvalue weighted by atomic mass is 79.9. The summed E-state index contributed by atoms with van der Waals surface area (Å²) < 4.78 is 7.35. The van der Waals surface area contributed by atoms with Crippen LogP contribution in [0.15, 0.2) is 27.1 Å². The lowest BCUT2D eigenvalue weighted by Gasteiger charge is -2.19. The molecule has 1 aromatic rings. The molecule has 0 heterocycles. The van der Waals surface area contributed by atoms with Gasteiger partial charge < -0.3 is 10.1 Å². The molecule has 0 bridgehead atoms. The minimum absolute atomic E-state index is 0.387. The highest BCUT2D eigenvalue weighted by molar-refractivity contribution is 9.11. The van der Waals surface area contributed by atoms with E-state index in [1.807, 2.05) is 0 Å². The zero-order valence-corrected chi connectivity index (χ0v) is 13.5. The number of benzene rings is 1. The van der Waals surface area contributed by atoms with Gasteiger partial charge in [0, 0.05) is 28.7 Å². The first-order valence-corrected chi connectivity index (χ1v) is 7.45. The second kappa shape index (κ2) is 8.25. The number of rotatable bonds is 7. The summed E-state index contributed by atoms with van der Waals surface area (Å²) in [6.07, 6.45) is 2.15. The third kappa shape index (κ3) is 5.08. The van der Waals surface area contributed by atoms with Crippen LogP contribution in [0.1, 0.15) is 31.4 Å². The molecule has 0 saturated carbocycles. The molecule has 0 amide bonds. The second-order valence-corrected chi connectivity index (χ2v) is 5.68. The van der Waals surface area contributed by atoms with Gasteiger partial charge in [0.2, 0.25) is 0 Å². The number of nitrogens with one attached hydrogen (secondary N) is 1. The largest absolute Gasteiger partial charge is 0.385 e. The van der Waals surface area contributed by atoms with Crippen molar-refractivity contribution in [3.63, 3.8) is 0 Å². The molecular weight excluding hydrogens is 346 g/mol. The summed E-state index contributed by atoms with van der Waals surface area (Å²) in [5.41, 5.74) is 1.31. The van der Waals surface area contributed by atoms with E-state index in [4.69, 9.17) is 4.74 Å². The lowest BCUT2D eigenvalue weighted by Crippen LogP contribution is -2.21. The van der Waals surface area contributed by atoms with E-state index < -0.39 is 0 Å². The van der Waals surface area contributed by atoms with Crippen LogP contribution in [0.3, 0.4) is 0 Å². The molecule has 0 aromatic heterocycles. The van der Waals surface area contributed by atoms with Gasteiger partial charge in [0.05, 0.1) is 0 Å². The maximum absolute atomic E-state index is 5.11.